The van der Waals surface area contributed by atoms with Crippen LogP contribution in [0.3, 0.4) is 0 Å². The van der Waals surface area contributed by atoms with Crippen LogP contribution in [0.15, 0.2) is 119 Å². The Morgan fingerprint density at radius 1 is 0.605 bits per heavy atom. The molecule has 43 heavy (non-hydrogen) atoms. The Bertz CT molecular complexity index is 2740. The maximum Gasteiger partial charge on any atom is 0.187 e. The van der Waals surface area contributed by atoms with Gasteiger partial charge in [-0.25, -0.2) is 19.8 Å². The van der Waals surface area contributed by atoms with Crippen LogP contribution in [-0.4, -0.2) is 15.0 Å². The fraction of sp³-hybridized carbons (Fsp3) is 0.105. The van der Waals surface area contributed by atoms with E-state index in [2.05, 4.69) is 35.6 Å². The molecule has 0 amide bonds. The first-order valence-electron chi connectivity index (χ1n) is 18.8. The van der Waals surface area contributed by atoms with Gasteiger partial charge in [0.25, 0.3) is 0 Å². The van der Waals surface area contributed by atoms with E-state index in [1.807, 2.05) is 24.3 Å². The molecule has 2 aromatic heterocycles. The summed E-state index contributed by atoms with van der Waals surface area (Å²) >= 11 is 0. The fourth-order valence-electron chi connectivity index (χ4n) is 4.55. The van der Waals surface area contributed by atoms with E-state index in [0.29, 0.717) is 16.8 Å². The summed E-state index contributed by atoms with van der Waals surface area (Å²) in [5.74, 6) is 0.252. The largest absolute Gasteiger partial charge is 0.456 e. The summed E-state index contributed by atoms with van der Waals surface area (Å²) < 4.78 is 101. The molecule has 5 heteroatoms. The zero-order valence-corrected chi connectivity index (χ0v) is 23.3. The normalized spacial score (nSPS) is 15.2. The lowest BCUT2D eigenvalue weighted by molar-refractivity contribution is 0.590. The minimum atomic E-state index is -0.690. The number of fused-ring (bicyclic) bond motifs is 3. The minimum absolute atomic E-state index is 0.126. The van der Waals surface area contributed by atoms with E-state index >= 15 is 0 Å². The third-order valence-electron chi connectivity index (χ3n) is 6.88. The van der Waals surface area contributed by atoms with Crippen LogP contribution in [0.5, 0.6) is 0 Å². The van der Waals surface area contributed by atoms with Crippen molar-refractivity contribution >= 4 is 27.6 Å². The van der Waals surface area contributed by atoms with Gasteiger partial charge in [0.15, 0.2) is 23.2 Å². The molecule has 0 aliphatic heterocycles. The second-order valence-corrected chi connectivity index (χ2v) is 10.8. The van der Waals surface area contributed by atoms with E-state index in [1.54, 1.807) is 24.3 Å². The number of aromatic nitrogens is 3. The summed E-state index contributed by atoms with van der Waals surface area (Å²) in [5.41, 5.74) is 0.734. The minimum Gasteiger partial charge on any atom is -0.456 e. The molecule has 5 aromatic carbocycles. The van der Waals surface area contributed by atoms with E-state index in [0.717, 1.165) is 5.56 Å². The van der Waals surface area contributed by atoms with Crippen LogP contribution in [0.1, 0.15) is 41.4 Å². The van der Waals surface area contributed by atoms with Gasteiger partial charge in [0.1, 0.15) is 11.2 Å². The number of hydrogen-bond donors (Lipinski definition) is 0. The zero-order chi connectivity index (χ0) is 39.1. The topological polar surface area (TPSA) is 56.2 Å². The van der Waals surface area contributed by atoms with Crippen molar-refractivity contribution in [2.75, 3.05) is 0 Å². The van der Waals surface area contributed by atoms with Gasteiger partial charge in [0.2, 0.25) is 0 Å². The molecule has 0 unspecified atom stereocenters. The number of furan rings is 1. The lowest BCUT2D eigenvalue weighted by atomic mass is 9.87. The molecule has 0 N–H and O–H groups in total. The monoisotopic (exact) mass is 567 g/mol. The van der Waals surface area contributed by atoms with Crippen molar-refractivity contribution in [3.05, 3.63) is 132 Å². The third-order valence-corrected chi connectivity index (χ3v) is 6.88. The van der Waals surface area contributed by atoms with Gasteiger partial charge in [0, 0.05) is 27.5 Å². The molecule has 5 nitrogen and oxygen atoms in total. The van der Waals surface area contributed by atoms with E-state index in [4.69, 9.17) is 29.7 Å². The Labute approximate surface area is 265 Å². The number of benzene rings is 5. The standard InChI is InChI=1S/C38H28N4O/c1-38(2,3)29-16-10-25(11-17-29)35-40-36(26-12-18-30(39-4)19-13-26)42-37(41-35)28-14-20-31-32-22-27(24-8-6-5-7-9-24)15-21-33(32)43-34(31)23-28/h5-23H,1-3H3/i5D,6D,7D,8D,9D,14D,15D,20D,21D,22D,23D. The molecule has 2 heterocycles. The van der Waals surface area contributed by atoms with Crippen LogP contribution in [0.4, 0.5) is 5.69 Å². The summed E-state index contributed by atoms with van der Waals surface area (Å²) in [6, 6.07) is 7.48. The predicted octanol–water partition coefficient (Wildman–Crippen LogP) is 10.3. The second kappa shape index (κ2) is 10.3. The first-order chi connectivity index (χ1) is 25.5. The van der Waals surface area contributed by atoms with Gasteiger partial charge in [-0.2, -0.15) is 0 Å². The van der Waals surface area contributed by atoms with Gasteiger partial charge in [0.05, 0.1) is 21.7 Å². The summed E-state index contributed by atoms with van der Waals surface area (Å²) in [6.45, 7) is 13.6. The molecule has 0 saturated heterocycles. The Hall–Kier alpha value is -5.60. The van der Waals surface area contributed by atoms with Crippen molar-refractivity contribution in [3.63, 3.8) is 0 Å². The van der Waals surface area contributed by atoms with E-state index in [9.17, 15) is 1.37 Å². The lowest BCUT2D eigenvalue weighted by Gasteiger charge is -2.19. The highest BCUT2D eigenvalue weighted by Gasteiger charge is 2.17. The molecule has 0 bridgehead atoms. The van der Waals surface area contributed by atoms with Crippen LogP contribution >= 0.6 is 0 Å². The molecular weight excluding hydrogens is 528 g/mol. The molecule has 0 radical (unpaired) electrons. The molecule has 0 aliphatic rings. The van der Waals surface area contributed by atoms with Gasteiger partial charge < -0.3 is 4.42 Å². The first kappa shape index (κ1) is 16.7. The van der Waals surface area contributed by atoms with Crippen molar-refractivity contribution in [1.82, 2.24) is 15.0 Å². The van der Waals surface area contributed by atoms with Crippen molar-refractivity contribution in [1.29, 1.82) is 0 Å². The van der Waals surface area contributed by atoms with Gasteiger partial charge in [-0.05, 0) is 46.3 Å². The first-order valence-corrected chi connectivity index (χ1v) is 13.3. The van der Waals surface area contributed by atoms with Gasteiger partial charge in [-0.15, -0.1) is 0 Å². The highest BCUT2D eigenvalue weighted by Crippen LogP contribution is 2.35. The van der Waals surface area contributed by atoms with Crippen molar-refractivity contribution in [2.24, 2.45) is 0 Å². The molecule has 0 saturated carbocycles. The van der Waals surface area contributed by atoms with Crippen LogP contribution in [0.2, 0.25) is 0 Å². The summed E-state index contributed by atoms with van der Waals surface area (Å²) in [5, 5.41) is -0.417. The highest BCUT2D eigenvalue weighted by molar-refractivity contribution is 6.07. The quantitative estimate of drug-likeness (QED) is 0.199. The van der Waals surface area contributed by atoms with Crippen LogP contribution in [0.25, 0.3) is 72.1 Å². The Kier molecular flexibility index (Phi) is 4.03. The smallest absolute Gasteiger partial charge is 0.187 e. The Balaban J connectivity index is 1.52. The van der Waals surface area contributed by atoms with Gasteiger partial charge in [-0.1, -0.05) is 112 Å². The summed E-state index contributed by atoms with van der Waals surface area (Å²) in [6.07, 6.45) is 0. The number of rotatable bonds is 4. The van der Waals surface area contributed by atoms with Gasteiger partial charge >= 0.3 is 0 Å². The average molecular weight is 568 g/mol. The van der Waals surface area contributed by atoms with E-state index in [1.165, 1.54) is 0 Å². The predicted molar refractivity (Wildman–Crippen MR) is 174 cm³/mol. The lowest BCUT2D eigenvalue weighted by Crippen LogP contribution is -2.10. The van der Waals surface area contributed by atoms with Crippen molar-refractivity contribution in [2.45, 2.75) is 26.2 Å². The fourth-order valence-corrected chi connectivity index (χ4v) is 4.55. The average Bonchev–Trinajstić information content (AvgIpc) is 3.57. The van der Waals surface area contributed by atoms with Gasteiger partial charge in [-0.3, -0.25) is 0 Å². The zero-order valence-electron chi connectivity index (χ0n) is 34.3. The summed E-state index contributed by atoms with van der Waals surface area (Å²) in [4.78, 5) is 17.4. The van der Waals surface area contributed by atoms with Crippen LogP contribution in [-0.2, 0) is 5.41 Å². The Morgan fingerprint density at radius 3 is 1.84 bits per heavy atom. The van der Waals surface area contributed by atoms with Crippen LogP contribution in [0, 0.1) is 6.57 Å². The molecular formula is C38H28N4O. The Morgan fingerprint density at radius 2 is 1.21 bits per heavy atom. The molecule has 0 atom stereocenters. The SMILES string of the molecule is [2H]c1c([2H])c([2H])c(-c2c([2H])c([2H])c3oc4c([2H])c(-c5nc(-c6ccc([N+]#[C-])cc6)nc(-c6ccc(C(C)(C)C)cc6)n5)c([2H])c([2H])c4c3c2[2H])c([2H])c1[2H]. The van der Waals surface area contributed by atoms with E-state index < -0.39 is 77.6 Å². The van der Waals surface area contributed by atoms with Crippen molar-refractivity contribution in [3.8, 4) is 45.3 Å². The van der Waals surface area contributed by atoms with E-state index in [-0.39, 0.29) is 50.4 Å². The molecule has 7 rings (SSSR count). The maximum atomic E-state index is 9.28. The maximum absolute atomic E-state index is 9.28. The molecule has 206 valence electrons. The molecule has 0 fully saturated rings. The number of hydrogen-bond acceptors (Lipinski definition) is 4. The summed E-state index contributed by atoms with van der Waals surface area (Å²) in [7, 11) is 0. The third kappa shape index (κ3) is 5.05. The highest BCUT2D eigenvalue weighted by atomic mass is 16.3. The van der Waals surface area contributed by atoms with Crippen molar-refractivity contribution < 1.29 is 19.5 Å². The molecule has 0 aliphatic carbocycles. The molecule has 7 aromatic rings. The number of nitrogens with zero attached hydrogens (tertiary/aromatic N) is 4. The second-order valence-electron chi connectivity index (χ2n) is 10.8. The van der Waals surface area contributed by atoms with Crippen LogP contribution < -0.4 is 0 Å². The molecule has 0 spiro atoms.